The number of anilines is 1. The molecule has 1 aromatic carbocycles. The van der Waals surface area contributed by atoms with Gasteiger partial charge in [-0.15, -0.1) is 0 Å². The lowest BCUT2D eigenvalue weighted by atomic mass is 10.1. The summed E-state index contributed by atoms with van der Waals surface area (Å²) in [6.07, 6.45) is 4.74. The van der Waals surface area contributed by atoms with E-state index in [2.05, 4.69) is 21.2 Å². The van der Waals surface area contributed by atoms with Crippen molar-refractivity contribution in [2.75, 3.05) is 31.1 Å². The predicted octanol–water partition coefficient (Wildman–Crippen LogP) is 2.13. The molecule has 1 unspecified atom stereocenters. The van der Waals surface area contributed by atoms with Crippen molar-refractivity contribution >= 4 is 11.6 Å². The summed E-state index contributed by atoms with van der Waals surface area (Å²) < 4.78 is 0. The van der Waals surface area contributed by atoms with Crippen LogP contribution in [0.2, 0.25) is 0 Å². The van der Waals surface area contributed by atoms with Crippen LogP contribution < -0.4 is 10.2 Å². The molecule has 128 valence electrons. The lowest BCUT2D eigenvalue weighted by Gasteiger charge is -2.38. The maximum absolute atomic E-state index is 12.4. The van der Waals surface area contributed by atoms with Crippen LogP contribution in [-0.4, -0.2) is 49.1 Å². The van der Waals surface area contributed by atoms with Crippen molar-refractivity contribution < 1.29 is 4.79 Å². The van der Waals surface area contributed by atoms with Crippen LogP contribution in [0.15, 0.2) is 24.3 Å². The van der Waals surface area contributed by atoms with Gasteiger partial charge in [-0.3, -0.25) is 9.69 Å². The Hall–Kier alpha value is -2.06. The van der Waals surface area contributed by atoms with Crippen molar-refractivity contribution in [2.24, 2.45) is 0 Å². The van der Waals surface area contributed by atoms with Crippen LogP contribution in [0.5, 0.6) is 0 Å². The Morgan fingerprint density at radius 2 is 1.79 bits per heavy atom. The van der Waals surface area contributed by atoms with Crippen molar-refractivity contribution in [1.29, 1.82) is 5.26 Å². The maximum Gasteiger partial charge on any atom is 0.237 e. The smallest absolute Gasteiger partial charge is 0.237 e. The van der Waals surface area contributed by atoms with Crippen LogP contribution in [-0.2, 0) is 4.79 Å². The zero-order chi connectivity index (χ0) is 16.9. The number of carbonyl (C=O) groups excluding carboxylic acids is 1. The number of piperazine rings is 1. The monoisotopic (exact) mass is 326 g/mol. The maximum atomic E-state index is 12.4. The molecule has 1 aliphatic carbocycles. The second-order valence-electron chi connectivity index (χ2n) is 6.85. The Morgan fingerprint density at radius 1 is 1.17 bits per heavy atom. The molecule has 2 aliphatic rings. The SMILES string of the molecule is CC(C(=O)NC1CCCC1)N1CCN(c2ccc(C#N)cc2)CC1. The van der Waals surface area contributed by atoms with Crippen LogP contribution in [0.4, 0.5) is 5.69 Å². The van der Waals surface area contributed by atoms with Gasteiger partial charge in [0.05, 0.1) is 17.7 Å². The van der Waals surface area contributed by atoms with E-state index in [4.69, 9.17) is 5.26 Å². The van der Waals surface area contributed by atoms with Gasteiger partial charge in [0, 0.05) is 37.9 Å². The summed E-state index contributed by atoms with van der Waals surface area (Å²) in [6.45, 7) is 5.61. The number of hydrogen-bond donors (Lipinski definition) is 1. The topological polar surface area (TPSA) is 59.4 Å². The van der Waals surface area contributed by atoms with E-state index in [1.165, 1.54) is 12.8 Å². The third-order valence-electron chi connectivity index (χ3n) is 5.30. The van der Waals surface area contributed by atoms with E-state index in [0.717, 1.165) is 44.7 Å². The zero-order valence-electron chi connectivity index (χ0n) is 14.4. The molecule has 1 amide bonds. The van der Waals surface area contributed by atoms with Crippen LogP contribution in [0.3, 0.4) is 0 Å². The molecule has 0 aromatic heterocycles. The molecule has 1 aromatic rings. The largest absolute Gasteiger partial charge is 0.369 e. The Labute approximate surface area is 144 Å². The van der Waals surface area contributed by atoms with Gasteiger partial charge in [0.1, 0.15) is 0 Å². The molecule has 3 rings (SSSR count). The lowest BCUT2D eigenvalue weighted by Crippen LogP contribution is -2.54. The van der Waals surface area contributed by atoms with Crippen molar-refractivity contribution in [3.8, 4) is 6.07 Å². The fourth-order valence-corrected chi connectivity index (χ4v) is 3.67. The average molecular weight is 326 g/mol. The third kappa shape index (κ3) is 3.88. The highest BCUT2D eigenvalue weighted by Gasteiger charge is 2.27. The second kappa shape index (κ2) is 7.67. The number of rotatable bonds is 4. The minimum atomic E-state index is -0.0614. The summed E-state index contributed by atoms with van der Waals surface area (Å²) in [6, 6.07) is 10.2. The molecule has 1 N–H and O–H groups in total. The number of amides is 1. The highest BCUT2D eigenvalue weighted by molar-refractivity contribution is 5.81. The number of nitriles is 1. The van der Waals surface area contributed by atoms with Gasteiger partial charge < -0.3 is 10.2 Å². The highest BCUT2D eigenvalue weighted by Crippen LogP contribution is 2.20. The van der Waals surface area contributed by atoms with Crippen molar-refractivity contribution in [3.63, 3.8) is 0 Å². The highest BCUT2D eigenvalue weighted by atomic mass is 16.2. The van der Waals surface area contributed by atoms with Gasteiger partial charge in [-0.05, 0) is 44.0 Å². The average Bonchev–Trinajstić information content (AvgIpc) is 3.14. The molecule has 0 spiro atoms. The van der Waals surface area contributed by atoms with E-state index in [9.17, 15) is 4.79 Å². The van der Waals surface area contributed by atoms with Crippen molar-refractivity contribution in [2.45, 2.75) is 44.7 Å². The van der Waals surface area contributed by atoms with Gasteiger partial charge in [-0.2, -0.15) is 5.26 Å². The molecule has 1 heterocycles. The Bertz CT molecular complexity index is 593. The number of hydrogen-bond acceptors (Lipinski definition) is 4. The zero-order valence-corrected chi connectivity index (χ0v) is 14.4. The summed E-state index contributed by atoms with van der Waals surface area (Å²) >= 11 is 0. The molecule has 1 aliphatic heterocycles. The van der Waals surface area contributed by atoms with Crippen molar-refractivity contribution in [3.05, 3.63) is 29.8 Å². The quantitative estimate of drug-likeness (QED) is 0.921. The normalized spacial score (nSPS) is 20.6. The number of nitrogens with one attached hydrogen (secondary N) is 1. The first kappa shape index (κ1) is 16.8. The fourth-order valence-electron chi connectivity index (χ4n) is 3.67. The third-order valence-corrected chi connectivity index (χ3v) is 5.30. The first-order valence-corrected chi connectivity index (χ1v) is 8.97. The summed E-state index contributed by atoms with van der Waals surface area (Å²) in [4.78, 5) is 17.0. The molecular formula is C19H26N4O. The van der Waals surface area contributed by atoms with Gasteiger partial charge in [0.2, 0.25) is 5.91 Å². The molecule has 1 atom stereocenters. The molecule has 2 fully saturated rings. The first-order valence-electron chi connectivity index (χ1n) is 8.97. The van der Waals surface area contributed by atoms with Crippen LogP contribution in [0.25, 0.3) is 0 Å². The summed E-state index contributed by atoms with van der Waals surface area (Å²) in [5.74, 6) is 0.175. The lowest BCUT2D eigenvalue weighted by molar-refractivity contribution is -0.126. The molecular weight excluding hydrogens is 300 g/mol. The van der Waals surface area contributed by atoms with E-state index in [0.29, 0.717) is 11.6 Å². The summed E-state index contributed by atoms with van der Waals surface area (Å²) in [7, 11) is 0. The Morgan fingerprint density at radius 3 is 2.38 bits per heavy atom. The van der Waals surface area contributed by atoms with E-state index in [-0.39, 0.29) is 11.9 Å². The molecule has 24 heavy (non-hydrogen) atoms. The molecule has 0 radical (unpaired) electrons. The van der Waals surface area contributed by atoms with Gasteiger partial charge in [0.25, 0.3) is 0 Å². The molecule has 0 bridgehead atoms. The molecule has 5 heteroatoms. The number of nitrogens with zero attached hydrogens (tertiary/aromatic N) is 3. The fraction of sp³-hybridized carbons (Fsp3) is 0.579. The van der Waals surface area contributed by atoms with Gasteiger partial charge in [-0.25, -0.2) is 0 Å². The standard InChI is InChI=1S/C19H26N4O/c1-15(19(24)21-17-4-2-3-5-17)22-10-12-23(13-11-22)18-8-6-16(14-20)7-9-18/h6-9,15,17H,2-5,10-13H2,1H3,(H,21,24). The molecule has 5 nitrogen and oxygen atoms in total. The molecule has 1 saturated carbocycles. The Kier molecular flexibility index (Phi) is 5.37. The summed E-state index contributed by atoms with van der Waals surface area (Å²) in [5.41, 5.74) is 1.84. The Balaban J connectivity index is 1.50. The van der Waals surface area contributed by atoms with Crippen molar-refractivity contribution in [1.82, 2.24) is 10.2 Å². The number of benzene rings is 1. The van der Waals surface area contributed by atoms with E-state index < -0.39 is 0 Å². The van der Waals surface area contributed by atoms with Crippen LogP contribution in [0, 0.1) is 11.3 Å². The van der Waals surface area contributed by atoms with E-state index >= 15 is 0 Å². The second-order valence-corrected chi connectivity index (χ2v) is 6.85. The van der Waals surface area contributed by atoms with Crippen LogP contribution in [0.1, 0.15) is 38.2 Å². The minimum Gasteiger partial charge on any atom is -0.369 e. The van der Waals surface area contributed by atoms with Crippen LogP contribution >= 0.6 is 0 Å². The van der Waals surface area contributed by atoms with Gasteiger partial charge in [-0.1, -0.05) is 12.8 Å². The summed E-state index contributed by atoms with van der Waals surface area (Å²) in [5, 5.41) is 12.1. The minimum absolute atomic E-state index is 0.0614. The van der Waals surface area contributed by atoms with Gasteiger partial charge >= 0.3 is 0 Å². The molecule has 1 saturated heterocycles. The van der Waals surface area contributed by atoms with E-state index in [1.54, 1.807) is 0 Å². The van der Waals surface area contributed by atoms with E-state index in [1.807, 2.05) is 31.2 Å². The number of carbonyl (C=O) groups is 1. The predicted molar refractivity (Wildman–Crippen MR) is 94.8 cm³/mol. The first-order chi connectivity index (χ1) is 11.7. The van der Waals surface area contributed by atoms with Gasteiger partial charge in [0.15, 0.2) is 0 Å².